The summed E-state index contributed by atoms with van der Waals surface area (Å²) in [4.78, 5) is 18.4. The van der Waals surface area contributed by atoms with Gasteiger partial charge in [0.1, 0.15) is 6.33 Å². The lowest BCUT2D eigenvalue weighted by atomic mass is 9.86. The first-order chi connectivity index (χ1) is 12.2. The molecule has 0 aliphatic heterocycles. The third kappa shape index (κ3) is 4.36. The van der Waals surface area contributed by atoms with Gasteiger partial charge >= 0.3 is 6.03 Å². The average Bonchev–Trinajstić information content (AvgIpc) is 3.20. The van der Waals surface area contributed by atoms with Crippen molar-refractivity contribution in [2.45, 2.75) is 38.3 Å². The second-order valence-corrected chi connectivity index (χ2v) is 6.66. The van der Waals surface area contributed by atoms with Gasteiger partial charge in [-0.2, -0.15) is 5.10 Å². The molecule has 1 saturated carbocycles. The highest BCUT2D eigenvalue weighted by atomic mass is 16.3. The van der Waals surface area contributed by atoms with Crippen molar-refractivity contribution in [3.05, 3.63) is 36.2 Å². The van der Waals surface area contributed by atoms with Gasteiger partial charge in [0.15, 0.2) is 5.82 Å². The second kappa shape index (κ2) is 8.11. The van der Waals surface area contributed by atoms with Crippen LogP contribution in [-0.4, -0.2) is 50.9 Å². The molecule has 25 heavy (non-hydrogen) atoms. The Balaban J connectivity index is 1.53. The minimum absolute atomic E-state index is 0.0579. The van der Waals surface area contributed by atoms with Gasteiger partial charge < -0.3 is 15.3 Å². The van der Waals surface area contributed by atoms with Crippen LogP contribution < -0.4 is 5.32 Å². The van der Waals surface area contributed by atoms with Gasteiger partial charge in [-0.15, -0.1) is 0 Å². The Kier molecular flexibility index (Phi) is 5.65. The van der Waals surface area contributed by atoms with Gasteiger partial charge in [0.05, 0.1) is 0 Å². The van der Waals surface area contributed by atoms with E-state index >= 15 is 0 Å². The van der Waals surface area contributed by atoms with E-state index in [1.165, 1.54) is 6.33 Å². The molecule has 0 radical (unpaired) electrons. The van der Waals surface area contributed by atoms with E-state index in [0.29, 0.717) is 18.3 Å². The summed E-state index contributed by atoms with van der Waals surface area (Å²) in [5, 5.41) is 18.9. The lowest BCUT2D eigenvalue weighted by Crippen LogP contribution is -2.45. The van der Waals surface area contributed by atoms with E-state index in [9.17, 15) is 9.90 Å². The van der Waals surface area contributed by atoms with Crippen LogP contribution in [0.1, 0.15) is 31.2 Å². The summed E-state index contributed by atoms with van der Waals surface area (Å²) in [7, 11) is 1.85. The highest BCUT2D eigenvalue weighted by molar-refractivity contribution is 5.74. The van der Waals surface area contributed by atoms with Crippen LogP contribution in [0, 0.1) is 5.92 Å². The molecule has 1 aromatic heterocycles. The number of H-pyrrole nitrogens is 1. The Hall–Kier alpha value is -2.41. The van der Waals surface area contributed by atoms with Gasteiger partial charge in [-0.3, -0.25) is 5.10 Å². The van der Waals surface area contributed by atoms with Crippen LogP contribution >= 0.6 is 0 Å². The fourth-order valence-corrected chi connectivity index (χ4v) is 3.36. The van der Waals surface area contributed by atoms with E-state index in [0.717, 1.165) is 36.8 Å². The molecule has 2 amide bonds. The zero-order valence-electron chi connectivity index (χ0n) is 14.5. The number of rotatable bonds is 5. The lowest BCUT2D eigenvalue weighted by molar-refractivity contribution is 0.134. The molecule has 7 heteroatoms. The number of hydrogen-bond donors (Lipinski definition) is 3. The highest BCUT2D eigenvalue weighted by Gasteiger charge is 2.26. The Morgan fingerprint density at radius 3 is 2.84 bits per heavy atom. The normalized spacial score (nSPS) is 20.2. The third-order valence-electron chi connectivity index (χ3n) is 5.00. The van der Waals surface area contributed by atoms with Crippen molar-refractivity contribution in [3.63, 3.8) is 0 Å². The molecule has 0 saturated heterocycles. The van der Waals surface area contributed by atoms with Crippen LogP contribution in [0.2, 0.25) is 0 Å². The van der Waals surface area contributed by atoms with E-state index in [1.54, 1.807) is 4.90 Å². The molecular formula is C18H25N5O2. The topological polar surface area (TPSA) is 94.1 Å². The molecule has 2 aromatic rings. The highest BCUT2D eigenvalue weighted by Crippen LogP contribution is 2.26. The average molecular weight is 343 g/mol. The van der Waals surface area contributed by atoms with Crippen LogP contribution in [0.15, 0.2) is 30.6 Å². The van der Waals surface area contributed by atoms with Crippen molar-refractivity contribution in [2.24, 2.45) is 5.92 Å². The first kappa shape index (κ1) is 17.4. The van der Waals surface area contributed by atoms with Gasteiger partial charge in [0, 0.05) is 31.8 Å². The van der Waals surface area contributed by atoms with Crippen LogP contribution in [0.5, 0.6) is 0 Å². The molecule has 0 atom stereocenters. The molecule has 1 aliphatic carbocycles. The third-order valence-corrected chi connectivity index (χ3v) is 5.00. The quantitative estimate of drug-likeness (QED) is 0.775. The molecule has 134 valence electrons. The van der Waals surface area contributed by atoms with E-state index in [1.807, 2.05) is 31.3 Å². The molecule has 3 N–H and O–H groups in total. The fourth-order valence-electron chi connectivity index (χ4n) is 3.36. The van der Waals surface area contributed by atoms with Gasteiger partial charge in [0.25, 0.3) is 0 Å². The first-order valence-corrected chi connectivity index (χ1v) is 8.73. The number of nitrogens with one attached hydrogen (secondary N) is 2. The van der Waals surface area contributed by atoms with Crippen molar-refractivity contribution >= 4 is 6.03 Å². The largest absolute Gasteiger partial charge is 0.396 e. The van der Waals surface area contributed by atoms with Gasteiger partial charge in [-0.25, -0.2) is 9.78 Å². The molecule has 0 bridgehead atoms. The molecular weight excluding hydrogens is 318 g/mol. The monoisotopic (exact) mass is 343 g/mol. The zero-order chi connectivity index (χ0) is 17.6. The van der Waals surface area contributed by atoms with Crippen LogP contribution in [0.25, 0.3) is 11.4 Å². The standard InChI is InChI=1S/C18H25N5O2/c1-23(16-7-5-13(11-24)6-8-16)18(25)19-10-14-3-2-4-15(9-14)17-20-12-21-22-17/h2-4,9,12-13,16,24H,5-8,10-11H2,1H3,(H,19,25)(H,20,21,22). The molecule has 1 fully saturated rings. The number of benzene rings is 1. The summed E-state index contributed by atoms with van der Waals surface area (Å²) in [6.45, 7) is 0.724. The number of carbonyl (C=O) groups excluding carboxylic acids is 1. The maximum absolute atomic E-state index is 12.4. The van der Waals surface area contributed by atoms with Gasteiger partial charge in [-0.05, 0) is 43.2 Å². The predicted molar refractivity (Wildman–Crippen MR) is 94.6 cm³/mol. The summed E-state index contributed by atoms with van der Waals surface area (Å²) in [6.07, 6.45) is 5.35. The van der Waals surface area contributed by atoms with Crippen LogP contribution in [0.4, 0.5) is 4.79 Å². The molecule has 1 heterocycles. The summed E-state index contributed by atoms with van der Waals surface area (Å²) in [6, 6.07) is 8.07. The zero-order valence-corrected chi connectivity index (χ0v) is 14.5. The maximum Gasteiger partial charge on any atom is 0.317 e. The Labute approximate surface area is 147 Å². The number of urea groups is 1. The summed E-state index contributed by atoms with van der Waals surface area (Å²) in [5.74, 6) is 1.11. The van der Waals surface area contributed by atoms with E-state index < -0.39 is 0 Å². The van der Waals surface area contributed by atoms with Crippen molar-refractivity contribution in [1.82, 2.24) is 25.4 Å². The Morgan fingerprint density at radius 1 is 1.36 bits per heavy atom. The Morgan fingerprint density at radius 2 is 2.16 bits per heavy atom. The van der Waals surface area contributed by atoms with Crippen molar-refractivity contribution < 1.29 is 9.90 Å². The Bertz CT molecular complexity index is 681. The first-order valence-electron chi connectivity index (χ1n) is 8.73. The second-order valence-electron chi connectivity index (χ2n) is 6.66. The number of carbonyl (C=O) groups is 1. The van der Waals surface area contributed by atoms with Crippen LogP contribution in [0.3, 0.4) is 0 Å². The molecule has 0 unspecified atom stereocenters. The van der Waals surface area contributed by atoms with E-state index in [4.69, 9.17) is 0 Å². The number of nitrogens with zero attached hydrogens (tertiary/aromatic N) is 3. The summed E-state index contributed by atoms with van der Waals surface area (Å²) >= 11 is 0. The van der Waals surface area contributed by atoms with Crippen molar-refractivity contribution in [3.8, 4) is 11.4 Å². The minimum Gasteiger partial charge on any atom is -0.396 e. The lowest BCUT2D eigenvalue weighted by Gasteiger charge is -2.34. The smallest absolute Gasteiger partial charge is 0.317 e. The van der Waals surface area contributed by atoms with Gasteiger partial charge in [-0.1, -0.05) is 18.2 Å². The predicted octanol–water partition coefficient (Wildman–Crippen LogP) is 2.16. The fraction of sp³-hybridized carbons (Fsp3) is 0.500. The summed E-state index contributed by atoms with van der Waals surface area (Å²) in [5.41, 5.74) is 1.96. The number of aliphatic hydroxyl groups excluding tert-OH is 1. The summed E-state index contributed by atoms with van der Waals surface area (Å²) < 4.78 is 0. The number of aromatic amines is 1. The molecule has 1 aliphatic rings. The number of hydrogen-bond acceptors (Lipinski definition) is 4. The van der Waals surface area contributed by atoms with E-state index in [2.05, 4.69) is 20.5 Å². The van der Waals surface area contributed by atoms with Gasteiger partial charge in [0.2, 0.25) is 0 Å². The molecule has 0 spiro atoms. The number of amides is 2. The maximum atomic E-state index is 12.4. The van der Waals surface area contributed by atoms with Crippen LogP contribution in [-0.2, 0) is 6.54 Å². The molecule has 3 rings (SSSR count). The number of aromatic nitrogens is 3. The van der Waals surface area contributed by atoms with E-state index in [-0.39, 0.29) is 18.7 Å². The van der Waals surface area contributed by atoms with Crippen molar-refractivity contribution in [2.75, 3.05) is 13.7 Å². The van der Waals surface area contributed by atoms with Crippen molar-refractivity contribution in [1.29, 1.82) is 0 Å². The molecule has 1 aromatic carbocycles. The SMILES string of the molecule is CN(C(=O)NCc1cccc(-c2ncn[nH]2)c1)C1CCC(CO)CC1. The molecule has 7 nitrogen and oxygen atoms in total. The number of aliphatic hydroxyl groups is 1. The minimum atomic E-state index is -0.0579.